The van der Waals surface area contributed by atoms with E-state index in [0.29, 0.717) is 36.0 Å². The van der Waals surface area contributed by atoms with Gasteiger partial charge < -0.3 is 29.6 Å². The molecule has 156 valence electrons. The third kappa shape index (κ3) is 3.55. The van der Waals surface area contributed by atoms with Gasteiger partial charge in [-0.25, -0.2) is 0 Å². The number of halogens is 1. The molecule has 2 aromatic rings. The van der Waals surface area contributed by atoms with Gasteiger partial charge in [0.25, 0.3) is 0 Å². The lowest BCUT2D eigenvalue weighted by Gasteiger charge is -2.31. The standard InChI is InChI=1S/C22H22BrN3O4/c1-27-19-10-13(9-17(23)21(19)28-2)20-15-4-3-14(26-5-7-29-8-6-26)11-18(15)30-22(25)16(20)12-24/h3-4,9-11,20H,5-8,25H2,1-2H3. The molecule has 4 rings (SSSR count). The molecule has 1 atom stereocenters. The molecule has 2 heterocycles. The van der Waals surface area contributed by atoms with Crippen LogP contribution in [-0.2, 0) is 4.74 Å². The highest BCUT2D eigenvalue weighted by Crippen LogP contribution is 2.47. The third-order valence-electron chi connectivity index (χ3n) is 5.37. The summed E-state index contributed by atoms with van der Waals surface area (Å²) in [6.07, 6.45) is 0. The maximum Gasteiger partial charge on any atom is 0.205 e. The molecule has 0 bridgehead atoms. The van der Waals surface area contributed by atoms with Crippen molar-refractivity contribution in [3.05, 3.63) is 57.4 Å². The van der Waals surface area contributed by atoms with E-state index in [1.54, 1.807) is 14.2 Å². The molecule has 0 saturated carbocycles. The Morgan fingerprint density at radius 2 is 1.93 bits per heavy atom. The predicted molar refractivity (Wildman–Crippen MR) is 116 cm³/mol. The first kappa shape index (κ1) is 20.4. The summed E-state index contributed by atoms with van der Waals surface area (Å²) in [6, 6.07) is 12.0. The summed E-state index contributed by atoms with van der Waals surface area (Å²) in [5.41, 5.74) is 9.28. The van der Waals surface area contributed by atoms with Crippen molar-refractivity contribution in [2.75, 3.05) is 45.4 Å². The molecule has 7 nitrogen and oxygen atoms in total. The number of allylic oxidation sites excluding steroid dienone is 1. The summed E-state index contributed by atoms with van der Waals surface area (Å²) < 4.78 is 23.0. The predicted octanol–water partition coefficient (Wildman–Crippen LogP) is 3.52. The Balaban J connectivity index is 1.82. The average Bonchev–Trinajstić information content (AvgIpc) is 2.77. The summed E-state index contributed by atoms with van der Waals surface area (Å²) >= 11 is 3.54. The Bertz CT molecular complexity index is 1040. The number of nitrogens with zero attached hydrogens (tertiary/aromatic N) is 2. The minimum atomic E-state index is -0.381. The van der Waals surface area contributed by atoms with Gasteiger partial charge in [0.2, 0.25) is 5.88 Å². The maximum atomic E-state index is 9.82. The molecule has 0 radical (unpaired) electrons. The fourth-order valence-electron chi connectivity index (χ4n) is 3.91. The van der Waals surface area contributed by atoms with Crippen LogP contribution in [0, 0.1) is 11.3 Å². The van der Waals surface area contributed by atoms with E-state index in [9.17, 15) is 5.26 Å². The van der Waals surface area contributed by atoms with E-state index in [1.807, 2.05) is 30.3 Å². The molecule has 30 heavy (non-hydrogen) atoms. The second-order valence-electron chi connectivity index (χ2n) is 6.98. The molecule has 0 aliphatic carbocycles. The lowest BCUT2D eigenvalue weighted by molar-refractivity contribution is 0.122. The zero-order chi connectivity index (χ0) is 21.3. The molecule has 2 aliphatic rings. The van der Waals surface area contributed by atoms with Gasteiger partial charge in [-0.15, -0.1) is 0 Å². The highest BCUT2D eigenvalue weighted by atomic mass is 79.9. The second kappa shape index (κ2) is 8.46. The highest BCUT2D eigenvalue weighted by Gasteiger charge is 2.32. The van der Waals surface area contributed by atoms with Gasteiger partial charge >= 0.3 is 0 Å². The van der Waals surface area contributed by atoms with Crippen LogP contribution in [0.1, 0.15) is 17.0 Å². The molecular formula is C22H22BrN3O4. The number of nitrogens with two attached hydrogens (primary N) is 1. The van der Waals surface area contributed by atoms with Crippen LogP contribution in [0.15, 0.2) is 46.3 Å². The lowest BCUT2D eigenvalue weighted by Crippen LogP contribution is -2.36. The number of morpholine rings is 1. The number of hydrogen-bond acceptors (Lipinski definition) is 7. The Hall–Kier alpha value is -2.89. The molecule has 0 amide bonds. The molecule has 8 heteroatoms. The van der Waals surface area contributed by atoms with Crippen molar-refractivity contribution >= 4 is 21.6 Å². The van der Waals surface area contributed by atoms with E-state index >= 15 is 0 Å². The number of hydrogen-bond donors (Lipinski definition) is 1. The van der Waals surface area contributed by atoms with Gasteiger partial charge in [0.15, 0.2) is 11.5 Å². The molecule has 1 fully saturated rings. The third-order valence-corrected chi connectivity index (χ3v) is 5.96. The van der Waals surface area contributed by atoms with E-state index in [2.05, 4.69) is 26.9 Å². The van der Waals surface area contributed by atoms with E-state index in [-0.39, 0.29) is 11.8 Å². The molecule has 0 aromatic heterocycles. The quantitative estimate of drug-likeness (QED) is 0.729. The number of nitriles is 1. The van der Waals surface area contributed by atoms with Gasteiger partial charge in [-0.2, -0.15) is 5.26 Å². The number of anilines is 1. The van der Waals surface area contributed by atoms with Crippen molar-refractivity contribution in [2.24, 2.45) is 5.73 Å². The van der Waals surface area contributed by atoms with Crippen LogP contribution < -0.4 is 24.8 Å². The minimum absolute atomic E-state index is 0.111. The molecule has 2 aromatic carbocycles. The van der Waals surface area contributed by atoms with Crippen LogP contribution in [0.2, 0.25) is 0 Å². The van der Waals surface area contributed by atoms with Crippen LogP contribution in [0.4, 0.5) is 5.69 Å². The Morgan fingerprint density at radius 1 is 1.17 bits per heavy atom. The molecule has 1 saturated heterocycles. The largest absolute Gasteiger partial charge is 0.493 e. The maximum absolute atomic E-state index is 9.82. The van der Waals surface area contributed by atoms with Crippen LogP contribution in [0.3, 0.4) is 0 Å². The normalized spacial score (nSPS) is 18.3. The van der Waals surface area contributed by atoms with Gasteiger partial charge in [-0.1, -0.05) is 6.07 Å². The Kier molecular flexibility index (Phi) is 5.75. The zero-order valence-corrected chi connectivity index (χ0v) is 18.4. The number of rotatable bonds is 4. The number of methoxy groups -OCH3 is 2. The SMILES string of the molecule is COc1cc(C2C(C#N)=C(N)Oc3cc(N4CCOCC4)ccc32)cc(Br)c1OC. The van der Waals surface area contributed by atoms with Crippen molar-refractivity contribution in [1.82, 2.24) is 0 Å². The number of benzene rings is 2. The van der Waals surface area contributed by atoms with Crippen LogP contribution in [0.5, 0.6) is 17.2 Å². The highest BCUT2D eigenvalue weighted by molar-refractivity contribution is 9.10. The van der Waals surface area contributed by atoms with E-state index < -0.39 is 0 Å². The monoisotopic (exact) mass is 471 g/mol. The van der Waals surface area contributed by atoms with Crippen molar-refractivity contribution in [1.29, 1.82) is 5.26 Å². The molecule has 2 N–H and O–H groups in total. The summed E-state index contributed by atoms with van der Waals surface area (Å²) in [6.45, 7) is 3.03. The van der Waals surface area contributed by atoms with E-state index in [0.717, 1.165) is 34.4 Å². The molecule has 1 unspecified atom stereocenters. The second-order valence-corrected chi connectivity index (χ2v) is 7.84. The van der Waals surface area contributed by atoms with Crippen LogP contribution >= 0.6 is 15.9 Å². The van der Waals surface area contributed by atoms with Crippen LogP contribution in [0.25, 0.3) is 0 Å². The van der Waals surface area contributed by atoms with Crippen molar-refractivity contribution in [2.45, 2.75) is 5.92 Å². The summed E-state index contributed by atoms with van der Waals surface area (Å²) in [4.78, 5) is 2.24. The summed E-state index contributed by atoms with van der Waals surface area (Å²) in [5.74, 6) is 1.53. The Labute approximate surface area is 183 Å². The fraction of sp³-hybridized carbons (Fsp3) is 0.318. The lowest BCUT2D eigenvalue weighted by atomic mass is 9.83. The molecule has 2 aliphatic heterocycles. The van der Waals surface area contributed by atoms with Gasteiger partial charge in [0.1, 0.15) is 17.4 Å². The average molecular weight is 472 g/mol. The van der Waals surface area contributed by atoms with Crippen molar-refractivity contribution in [3.63, 3.8) is 0 Å². The van der Waals surface area contributed by atoms with E-state index in [1.165, 1.54) is 0 Å². The fourth-order valence-corrected chi connectivity index (χ4v) is 4.53. The van der Waals surface area contributed by atoms with Crippen LogP contribution in [-0.4, -0.2) is 40.5 Å². The zero-order valence-electron chi connectivity index (χ0n) is 16.8. The first-order valence-electron chi connectivity index (χ1n) is 9.53. The Morgan fingerprint density at radius 3 is 2.60 bits per heavy atom. The summed E-state index contributed by atoms with van der Waals surface area (Å²) in [7, 11) is 3.16. The molecule has 0 spiro atoms. The molecular weight excluding hydrogens is 450 g/mol. The van der Waals surface area contributed by atoms with Gasteiger partial charge in [0, 0.05) is 30.4 Å². The minimum Gasteiger partial charge on any atom is -0.493 e. The van der Waals surface area contributed by atoms with Crippen molar-refractivity contribution in [3.8, 4) is 23.3 Å². The van der Waals surface area contributed by atoms with Crippen molar-refractivity contribution < 1.29 is 18.9 Å². The van der Waals surface area contributed by atoms with E-state index in [4.69, 9.17) is 24.7 Å². The van der Waals surface area contributed by atoms with Gasteiger partial charge in [-0.05, 0) is 39.7 Å². The first-order chi connectivity index (χ1) is 14.6. The first-order valence-corrected chi connectivity index (χ1v) is 10.3. The number of ether oxygens (including phenoxy) is 4. The van der Waals surface area contributed by atoms with Gasteiger partial charge in [-0.3, -0.25) is 0 Å². The number of fused-ring (bicyclic) bond motifs is 1. The smallest absolute Gasteiger partial charge is 0.205 e. The van der Waals surface area contributed by atoms with Gasteiger partial charge in [0.05, 0.1) is 37.8 Å². The summed E-state index contributed by atoms with van der Waals surface area (Å²) in [5, 5.41) is 9.82. The topological polar surface area (TPSA) is 90.0 Å².